The maximum atomic E-state index is 12.2. The van der Waals surface area contributed by atoms with Crippen LogP contribution in [0, 0.1) is 0 Å². The van der Waals surface area contributed by atoms with Gasteiger partial charge >= 0.3 is 0 Å². The molecule has 1 unspecified atom stereocenters. The van der Waals surface area contributed by atoms with E-state index in [9.17, 15) is 8.42 Å². The first-order chi connectivity index (χ1) is 9.51. The molecule has 1 atom stereocenters. The topological polar surface area (TPSA) is 52.7 Å². The molecule has 1 aliphatic heterocycles. The predicted octanol–water partition coefficient (Wildman–Crippen LogP) is 1.12. The Kier molecular flexibility index (Phi) is 8.02. The summed E-state index contributed by atoms with van der Waals surface area (Å²) in [5.74, 6) is 0.271. The summed E-state index contributed by atoms with van der Waals surface area (Å²) >= 11 is 0. The third kappa shape index (κ3) is 5.68. The lowest BCUT2D eigenvalue weighted by molar-refractivity contribution is 0.142. The van der Waals surface area contributed by atoms with Gasteiger partial charge in [-0.3, -0.25) is 4.90 Å². The van der Waals surface area contributed by atoms with Crippen LogP contribution in [0.3, 0.4) is 0 Å². The van der Waals surface area contributed by atoms with Gasteiger partial charge in [-0.25, -0.2) is 8.42 Å². The first-order valence-electron chi connectivity index (χ1n) is 7.93. The zero-order valence-electron chi connectivity index (χ0n) is 13.3. The Hall–Kier alpha value is -0.170. The molecule has 0 aromatic rings. The molecule has 0 aliphatic carbocycles. The fraction of sp³-hybridized carbons (Fsp3) is 1.00. The van der Waals surface area contributed by atoms with Gasteiger partial charge in [-0.1, -0.05) is 13.8 Å². The van der Waals surface area contributed by atoms with Crippen molar-refractivity contribution in [2.24, 2.45) is 0 Å². The Labute approximate surface area is 124 Å². The van der Waals surface area contributed by atoms with Gasteiger partial charge in [-0.15, -0.1) is 0 Å². The maximum absolute atomic E-state index is 12.2. The molecule has 0 amide bonds. The number of hydrogen-bond donors (Lipinski definition) is 1. The van der Waals surface area contributed by atoms with E-state index in [0.717, 1.165) is 39.0 Å². The van der Waals surface area contributed by atoms with E-state index in [-0.39, 0.29) is 5.75 Å². The second-order valence-electron chi connectivity index (χ2n) is 5.61. The van der Waals surface area contributed by atoms with E-state index in [1.807, 2.05) is 0 Å². The van der Waals surface area contributed by atoms with Crippen molar-refractivity contribution in [3.63, 3.8) is 0 Å². The molecule has 0 aromatic heterocycles. The van der Waals surface area contributed by atoms with Gasteiger partial charge in [-0.05, 0) is 39.3 Å². The van der Waals surface area contributed by atoms with E-state index in [4.69, 9.17) is 0 Å². The normalized spacial score (nSPS) is 20.1. The summed E-state index contributed by atoms with van der Waals surface area (Å²) in [5, 5.41) is 3.25. The van der Waals surface area contributed by atoms with Gasteiger partial charge in [0.05, 0.1) is 5.75 Å². The Balaban J connectivity index is 2.31. The van der Waals surface area contributed by atoms with E-state index < -0.39 is 10.0 Å². The molecule has 5 nitrogen and oxygen atoms in total. The number of piperazine rings is 1. The molecule has 120 valence electrons. The minimum atomic E-state index is -3.06. The summed E-state index contributed by atoms with van der Waals surface area (Å²) in [6.45, 7) is 11.3. The molecule has 1 rings (SSSR count). The second kappa shape index (κ2) is 8.97. The Morgan fingerprint density at radius 1 is 1.10 bits per heavy atom. The zero-order valence-corrected chi connectivity index (χ0v) is 14.1. The third-order valence-corrected chi connectivity index (χ3v) is 6.02. The summed E-state index contributed by atoms with van der Waals surface area (Å²) in [5.41, 5.74) is 0. The number of sulfonamides is 1. The minimum Gasteiger partial charge on any atom is -0.317 e. The average molecular weight is 305 g/mol. The molecule has 1 aliphatic rings. The average Bonchev–Trinajstić information content (AvgIpc) is 2.46. The smallest absolute Gasteiger partial charge is 0.214 e. The maximum Gasteiger partial charge on any atom is 0.214 e. The predicted molar refractivity (Wildman–Crippen MR) is 84.5 cm³/mol. The minimum absolute atomic E-state index is 0.271. The van der Waals surface area contributed by atoms with Crippen LogP contribution < -0.4 is 5.32 Å². The quantitative estimate of drug-likeness (QED) is 0.649. The van der Waals surface area contributed by atoms with Crippen molar-refractivity contribution in [2.45, 2.75) is 46.1 Å². The molecule has 20 heavy (non-hydrogen) atoms. The molecule has 6 heteroatoms. The molecule has 1 heterocycles. The van der Waals surface area contributed by atoms with Crippen molar-refractivity contribution in [1.29, 1.82) is 0 Å². The number of hydrogen-bond acceptors (Lipinski definition) is 4. The molecule has 0 saturated carbocycles. The summed E-state index contributed by atoms with van der Waals surface area (Å²) in [4.78, 5) is 2.38. The number of rotatable bonds is 9. The van der Waals surface area contributed by atoms with Gasteiger partial charge in [-0.2, -0.15) is 4.31 Å². The number of nitrogens with one attached hydrogen (secondary N) is 1. The molecule has 0 radical (unpaired) electrons. The first kappa shape index (κ1) is 17.9. The first-order valence-corrected chi connectivity index (χ1v) is 9.54. The molecular weight excluding hydrogens is 274 g/mol. The lowest BCUT2D eigenvalue weighted by Crippen LogP contribution is -2.51. The van der Waals surface area contributed by atoms with Crippen LogP contribution in [0.2, 0.25) is 0 Å². The lowest BCUT2D eigenvalue weighted by atomic mass is 10.2. The SMILES string of the molecule is CCCNCCCS(=O)(=O)N1CCN(C(C)CC)CC1. The van der Waals surface area contributed by atoms with Gasteiger partial charge in [0.25, 0.3) is 0 Å². The van der Waals surface area contributed by atoms with Gasteiger partial charge < -0.3 is 5.32 Å². The van der Waals surface area contributed by atoms with Crippen molar-refractivity contribution in [1.82, 2.24) is 14.5 Å². The van der Waals surface area contributed by atoms with Gasteiger partial charge in [0.2, 0.25) is 10.0 Å². The van der Waals surface area contributed by atoms with Crippen molar-refractivity contribution < 1.29 is 8.42 Å². The van der Waals surface area contributed by atoms with E-state index in [1.54, 1.807) is 4.31 Å². The van der Waals surface area contributed by atoms with E-state index >= 15 is 0 Å². The van der Waals surface area contributed by atoms with Gasteiger partial charge in [0.15, 0.2) is 0 Å². The summed E-state index contributed by atoms with van der Waals surface area (Å²) in [7, 11) is -3.06. The van der Waals surface area contributed by atoms with Crippen molar-refractivity contribution in [3.05, 3.63) is 0 Å². The van der Waals surface area contributed by atoms with Crippen LogP contribution in [-0.2, 0) is 10.0 Å². The van der Waals surface area contributed by atoms with Gasteiger partial charge in [0, 0.05) is 32.2 Å². The molecule has 0 spiro atoms. The van der Waals surface area contributed by atoms with E-state index in [0.29, 0.717) is 25.6 Å². The fourth-order valence-electron chi connectivity index (χ4n) is 2.49. The van der Waals surface area contributed by atoms with Crippen LogP contribution in [-0.4, -0.2) is 68.7 Å². The van der Waals surface area contributed by atoms with Crippen molar-refractivity contribution in [2.75, 3.05) is 45.0 Å². The summed E-state index contributed by atoms with van der Waals surface area (Å²) in [6, 6.07) is 0.554. The Morgan fingerprint density at radius 2 is 1.75 bits per heavy atom. The van der Waals surface area contributed by atoms with Crippen molar-refractivity contribution in [3.8, 4) is 0 Å². The summed E-state index contributed by atoms with van der Waals surface area (Å²) in [6.07, 6.45) is 2.91. The van der Waals surface area contributed by atoms with Crippen molar-refractivity contribution >= 4 is 10.0 Å². The fourth-order valence-corrected chi connectivity index (χ4v) is 3.98. The molecule has 1 saturated heterocycles. The number of nitrogens with zero attached hydrogens (tertiary/aromatic N) is 2. The highest BCUT2D eigenvalue weighted by molar-refractivity contribution is 7.89. The monoisotopic (exact) mass is 305 g/mol. The van der Waals surface area contributed by atoms with Crippen LogP contribution in [0.1, 0.15) is 40.0 Å². The highest BCUT2D eigenvalue weighted by Gasteiger charge is 2.27. The third-order valence-electron chi connectivity index (χ3n) is 4.06. The zero-order chi connectivity index (χ0) is 15.0. The van der Waals surface area contributed by atoms with Crippen LogP contribution in [0.4, 0.5) is 0 Å². The summed E-state index contributed by atoms with van der Waals surface area (Å²) < 4.78 is 26.2. The Morgan fingerprint density at radius 3 is 2.30 bits per heavy atom. The van der Waals surface area contributed by atoms with Crippen LogP contribution in [0.15, 0.2) is 0 Å². The molecule has 0 aromatic carbocycles. The Bertz CT molecular complexity index is 351. The lowest BCUT2D eigenvalue weighted by Gasteiger charge is -2.37. The van der Waals surface area contributed by atoms with Crippen LogP contribution in [0.5, 0.6) is 0 Å². The van der Waals surface area contributed by atoms with E-state index in [2.05, 4.69) is 31.0 Å². The van der Waals surface area contributed by atoms with Crippen LogP contribution in [0.25, 0.3) is 0 Å². The molecule has 1 N–H and O–H groups in total. The molecule has 1 fully saturated rings. The van der Waals surface area contributed by atoms with E-state index in [1.165, 1.54) is 0 Å². The highest BCUT2D eigenvalue weighted by Crippen LogP contribution is 2.12. The highest BCUT2D eigenvalue weighted by atomic mass is 32.2. The molecular formula is C14H31N3O2S. The largest absolute Gasteiger partial charge is 0.317 e. The second-order valence-corrected chi connectivity index (χ2v) is 7.70. The standard InChI is InChI=1S/C14H31N3O2S/c1-4-7-15-8-6-13-20(18,19)17-11-9-16(10-12-17)14(3)5-2/h14-15H,4-13H2,1-3H3. The van der Waals surface area contributed by atoms with Gasteiger partial charge in [0.1, 0.15) is 0 Å². The van der Waals surface area contributed by atoms with Crippen LogP contribution >= 0.6 is 0 Å². The molecule has 0 bridgehead atoms.